The van der Waals surface area contributed by atoms with Gasteiger partial charge >= 0.3 is 5.97 Å². The van der Waals surface area contributed by atoms with Gasteiger partial charge in [-0.15, -0.1) is 0 Å². The Bertz CT molecular complexity index is 1160. The smallest absolute Gasteiger partial charge is 0.337 e. The number of amides is 1. The number of esters is 1. The Hall–Kier alpha value is -4.11. The number of carbonyl (C=O) groups excluding carboxylic acids is 2. The molecule has 0 saturated carbocycles. The summed E-state index contributed by atoms with van der Waals surface area (Å²) in [7, 11) is 1.30. The van der Waals surface area contributed by atoms with Crippen LogP contribution < -0.4 is 10.1 Å². The van der Waals surface area contributed by atoms with Crippen LogP contribution in [0.1, 0.15) is 22.8 Å². The molecular weight excluding hydrogens is 380 g/mol. The van der Waals surface area contributed by atoms with Crippen molar-refractivity contribution in [2.45, 2.75) is 6.92 Å². The van der Waals surface area contributed by atoms with Crippen molar-refractivity contribution >= 4 is 34.4 Å². The van der Waals surface area contributed by atoms with Crippen molar-refractivity contribution in [3.8, 4) is 11.8 Å². The molecule has 0 saturated heterocycles. The summed E-state index contributed by atoms with van der Waals surface area (Å²) in [4.78, 5) is 24.1. The lowest BCUT2D eigenvalue weighted by Crippen LogP contribution is -2.13. The van der Waals surface area contributed by atoms with Crippen molar-refractivity contribution in [2.24, 2.45) is 0 Å². The molecule has 6 nitrogen and oxygen atoms in total. The number of carbonyl (C=O) groups is 2. The molecule has 1 N–H and O–H groups in total. The Kier molecular flexibility index (Phi) is 6.46. The van der Waals surface area contributed by atoms with Crippen LogP contribution in [0.4, 0.5) is 5.69 Å². The molecule has 0 fully saturated rings. The van der Waals surface area contributed by atoms with Crippen molar-refractivity contribution in [3.05, 3.63) is 77.4 Å². The van der Waals surface area contributed by atoms with Gasteiger partial charge in [-0.25, -0.2) is 4.79 Å². The molecule has 150 valence electrons. The highest BCUT2D eigenvalue weighted by atomic mass is 16.5. The van der Waals surface area contributed by atoms with Crippen molar-refractivity contribution in [1.82, 2.24) is 0 Å². The summed E-state index contributed by atoms with van der Waals surface area (Å²) in [5.41, 5.74) is 1.53. The lowest BCUT2D eigenvalue weighted by Gasteiger charge is -2.10. The number of ether oxygens (including phenoxy) is 2. The molecule has 0 aliphatic rings. The van der Waals surface area contributed by atoms with E-state index in [4.69, 9.17) is 4.74 Å². The molecule has 3 rings (SSSR count). The van der Waals surface area contributed by atoms with Crippen LogP contribution in [0, 0.1) is 11.3 Å². The minimum atomic E-state index is -0.540. The van der Waals surface area contributed by atoms with Gasteiger partial charge in [0, 0.05) is 11.1 Å². The summed E-state index contributed by atoms with van der Waals surface area (Å²) in [6, 6.07) is 19.5. The van der Waals surface area contributed by atoms with Gasteiger partial charge in [-0.3, -0.25) is 4.79 Å². The standard InChI is InChI=1S/C24H20N2O4/c1-3-30-22-13-10-17(20-6-4-5-7-21(20)22)14-18(15-25)23(27)26-19-11-8-16(9-12-19)24(28)29-2/h4-14H,3H2,1-2H3,(H,26,27)/b18-14+. The maximum absolute atomic E-state index is 12.6. The zero-order chi connectivity index (χ0) is 21.5. The fourth-order valence-corrected chi connectivity index (χ4v) is 3.01. The lowest BCUT2D eigenvalue weighted by atomic mass is 10.0. The summed E-state index contributed by atoms with van der Waals surface area (Å²) >= 11 is 0. The number of anilines is 1. The summed E-state index contributed by atoms with van der Waals surface area (Å²) < 4.78 is 10.3. The van der Waals surface area contributed by atoms with E-state index >= 15 is 0 Å². The highest BCUT2D eigenvalue weighted by molar-refractivity contribution is 6.11. The van der Waals surface area contributed by atoms with Gasteiger partial charge in [0.2, 0.25) is 0 Å². The molecule has 0 atom stereocenters. The Morgan fingerprint density at radius 3 is 2.37 bits per heavy atom. The summed E-state index contributed by atoms with van der Waals surface area (Å²) in [5, 5.41) is 14.0. The Labute approximate surface area is 174 Å². The van der Waals surface area contributed by atoms with E-state index in [1.54, 1.807) is 18.2 Å². The average Bonchev–Trinajstić information content (AvgIpc) is 2.78. The first-order valence-corrected chi connectivity index (χ1v) is 9.33. The van der Waals surface area contributed by atoms with Gasteiger partial charge in [0.05, 0.1) is 19.3 Å². The zero-order valence-electron chi connectivity index (χ0n) is 16.6. The van der Waals surface area contributed by atoms with Crippen LogP contribution in [0.15, 0.2) is 66.2 Å². The number of nitriles is 1. The molecule has 0 aliphatic carbocycles. The van der Waals surface area contributed by atoms with E-state index in [1.165, 1.54) is 19.2 Å². The molecule has 0 aromatic heterocycles. The van der Waals surface area contributed by atoms with Crippen LogP contribution in [0.25, 0.3) is 16.8 Å². The number of hydrogen-bond acceptors (Lipinski definition) is 5. The normalized spacial score (nSPS) is 10.9. The third-order valence-corrected chi connectivity index (χ3v) is 4.45. The third kappa shape index (κ3) is 4.47. The SMILES string of the molecule is CCOc1ccc(/C=C(\C#N)C(=O)Nc2ccc(C(=O)OC)cc2)c2ccccc12. The molecule has 6 heteroatoms. The van der Waals surface area contributed by atoms with Crippen LogP contribution in [-0.4, -0.2) is 25.6 Å². The van der Waals surface area contributed by atoms with E-state index in [0.717, 1.165) is 22.1 Å². The average molecular weight is 400 g/mol. The number of hydrogen-bond donors (Lipinski definition) is 1. The molecular formula is C24H20N2O4. The van der Waals surface area contributed by atoms with Gasteiger partial charge in [0.15, 0.2) is 0 Å². The topological polar surface area (TPSA) is 88.4 Å². The van der Waals surface area contributed by atoms with E-state index in [0.29, 0.717) is 17.9 Å². The molecule has 30 heavy (non-hydrogen) atoms. The predicted molar refractivity (Wildman–Crippen MR) is 115 cm³/mol. The van der Waals surface area contributed by atoms with E-state index < -0.39 is 11.9 Å². The predicted octanol–water partition coefficient (Wildman–Crippen LogP) is 4.57. The van der Waals surface area contributed by atoms with E-state index in [9.17, 15) is 14.9 Å². The third-order valence-electron chi connectivity index (χ3n) is 4.45. The Morgan fingerprint density at radius 2 is 1.73 bits per heavy atom. The van der Waals surface area contributed by atoms with Gasteiger partial charge in [0.1, 0.15) is 17.4 Å². The van der Waals surface area contributed by atoms with Gasteiger partial charge in [-0.05, 0) is 54.3 Å². The van der Waals surface area contributed by atoms with Gasteiger partial charge in [-0.2, -0.15) is 5.26 Å². The molecule has 3 aromatic carbocycles. The molecule has 3 aromatic rings. The molecule has 0 spiro atoms. The molecule has 0 heterocycles. The highest BCUT2D eigenvalue weighted by Gasteiger charge is 2.13. The maximum atomic E-state index is 12.6. The highest BCUT2D eigenvalue weighted by Crippen LogP contribution is 2.30. The van der Waals surface area contributed by atoms with Crippen LogP contribution >= 0.6 is 0 Å². The van der Waals surface area contributed by atoms with E-state index in [2.05, 4.69) is 10.1 Å². The summed E-state index contributed by atoms with van der Waals surface area (Å²) in [6.45, 7) is 2.46. The van der Waals surface area contributed by atoms with Crippen LogP contribution in [0.3, 0.4) is 0 Å². The second-order valence-corrected chi connectivity index (χ2v) is 6.32. The second kappa shape index (κ2) is 9.39. The number of rotatable bonds is 6. The first-order valence-electron chi connectivity index (χ1n) is 9.33. The number of fused-ring (bicyclic) bond motifs is 1. The largest absolute Gasteiger partial charge is 0.493 e. The van der Waals surface area contributed by atoms with Crippen LogP contribution in [0.5, 0.6) is 5.75 Å². The van der Waals surface area contributed by atoms with Crippen molar-refractivity contribution in [1.29, 1.82) is 5.26 Å². The fourth-order valence-electron chi connectivity index (χ4n) is 3.01. The fraction of sp³-hybridized carbons (Fsp3) is 0.125. The minimum Gasteiger partial charge on any atom is -0.493 e. The van der Waals surface area contributed by atoms with E-state index in [-0.39, 0.29) is 5.57 Å². The van der Waals surface area contributed by atoms with Gasteiger partial charge < -0.3 is 14.8 Å². The monoisotopic (exact) mass is 400 g/mol. The van der Waals surface area contributed by atoms with Crippen LogP contribution in [0.2, 0.25) is 0 Å². The van der Waals surface area contributed by atoms with Gasteiger partial charge in [-0.1, -0.05) is 30.3 Å². The first kappa shape index (κ1) is 20.6. The summed E-state index contributed by atoms with van der Waals surface area (Å²) in [6.07, 6.45) is 1.55. The molecule has 0 radical (unpaired) electrons. The quantitative estimate of drug-likeness (QED) is 0.372. The Morgan fingerprint density at radius 1 is 1.03 bits per heavy atom. The van der Waals surface area contributed by atoms with E-state index in [1.807, 2.05) is 49.4 Å². The van der Waals surface area contributed by atoms with Crippen LogP contribution in [-0.2, 0) is 9.53 Å². The molecule has 1 amide bonds. The molecule has 0 bridgehead atoms. The first-order chi connectivity index (χ1) is 14.6. The van der Waals surface area contributed by atoms with Crippen molar-refractivity contribution < 1.29 is 19.1 Å². The zero-order valence-corrected chi connectivity index (χ0v) is 16.6. The molecule has 0 unspecified atom stereocenters. The molecule has 0 aliphatic heterocycles. The van der Waals surface area contributed by atoms with Crippen molar-refractivity contribution in [2.75, 3.05) is 19.0 Å². The number of methoxy groups -OCH3 is 1. The lowest BCUT2D eigenvalue weighted by molar-refractivity contribution is -0.112. The number of nitrogens with one attached hydrogen (secondary N) is 1. The van der Waals surface area contributed by atoms with Gasteiger partial charge in [0.25, 0.3) is 5.91 Å². The van der Waals surface area contributed by atoms with Crippen molar-refractivity contribution in [3.63, 3.8) is 0 Å². The minimum absolute atomic E-state index is 0.0404. The number of benzene rings is 3. The second-order valence-electron chi connectivity index (χ2n) is 6.32. The number of nitrogens with zero attached hydrogens (tertiary/aromatic N) is 1. The summed E-state index contributed by atoms with van der Waals surface area (Å²) in [5.74, 6) is -0.256. The Balaban J connectivity index is 1.89. The maximum Gasteiger partial charge on any atom is 0.337 e.